The number of aryl methyl sites for hydroxylation is 2. The maximum Gasteiger partial charge on any atom is 0.335 e. The van der Waals surface area contributed by atoms with Crippen molar-refractivity contribution in [3.8, 4) is 17.3 Å². The van der Waals surface area contributed by atoms with Gasteiger partial charge in [-0.1, -0.05) is 6.08 Å². The van der Waals surface area contributed by atoms with Gasteiger partial charge in [-0.15, -0.1) is 0 Å². The minimum absolute atomic E-state index is 0.00144. The van der Waals surface area contributed by atoms with E-state index in [1.807, 2.05) is 0 Å². The number of hydrogen-bond acceptors (Lipinski definition) is 8. The van der Waals surface area contributed by atoms with Crippen LogP contribution in [0.2, 0.25) is 0 Å². The summed E-state index contributed by atoms with van der Waals surface area (Å²) in [6.45, 7) is 3.22. The van der Waals surface area contributed by atoms with E-state index in [4.69, 9.17) is 0 Å². The van der Waals surface area contributed by atoms with E-state index < -0.39 is 28.6 Å². The van der Waals surface area contributed by atoms with Crippen molar-refractivity contribution in [3.63, 3.8) is 0 Å². The molecule has 14 heteroatoms. The molecule has 2 aromatic carbocycles. The lowest BCUT2D eigenvalue weighted by atomic mass is 10.2. The molecule has 6 rings (SSSR count). The average Bonchev–Trinajstić information content (AvgIpc) is 3.43. The molecule has 0 bridgehead atoms. The number of carbonyl (C=O) groups is 2. The van der Waals surface area contributed by atoms with Crippen molar-refractivity contribution in [2.24, 2.45) is 0 Å². The number of aromatic carboxylic acids is 2. The molecule has 0 saturated carbocycles. The number of fused-ring (bicyclic) bond motifs is 2. The minimum atomic E-state index is -1.15. The lowest BCUT2D eigenvalue weighted by Crippen LogP contribution is -2.29. The predicted molar refractivity (Wildman–Crippen MR) is 162 cm³/mol. The van der Waals surface area contributed by atoms with Crippen LogP contribution in [0.15, 0.2) is 81.1 Å². The highest BCUT2D eigenvalue weighted by Crippen LogP contribution is 2.28. The van der Waals surface area contributed by atoms with Crippen molar-refractivity contribution in [3.05, 3.63) is 131 Å². The smallest absolute Gasteiger partial charge is 0.335 e. The van der Waals surface area contributed by atoms with Crippen LogP contribution in [-0.2, 0) is 0 Å². The summed E-state index contributed by atoms with van der Waals surface area (Å²) in [6, 6.07) is 13.5. The number of benzene rings is 2. The van der Waals surface area contributed by atoms with Gasteiger partial charge in [-0.05, 0) is 74.5 Å². The summed E-state index contributed by atoms with van der Waals surface area (Å²) < 4.78 is 4.49. The molecular weight excluding hydrogens is 584 g/mol. The van der Waals surface area contributed by atoms with Gasteiger partial charge in [-0.25, -0.2) is 28.9 Å². The molecule has 0 aliphatic heterocycles. The number of carboxylic acids is 2. The van der Waals surface area contributed by atoms with E-state index >= 15 is 0 Å². The van der Waals surface area contributed by atoms with Crippen LogP contribution in [0.5, 0.6) is 5.88 Å². The molecule has 0 amide bonds. The Balaban J connectivity index is 1.56. The van der Waals surface area contributed by atoms with E-state index in [1.54, 1.807) is 13.8 Å². The molecule has 4 aromatic heterocycles. The Hall–Kier alpha value is -6.57. The molecule has 14 nitrogen and oxygen atoms in total. The summed E-state index contributed by atoms with van der Waals surface area (Å²) in [5, 5.41) is 29.8. The van der Waals surface area contributed by atoms with Gasteiger partial charge >= 0.3 is 11.9 Å². The SMILES string of the molecule is Cc1cc(=O)n2c(n1)c(C=CC=c1c(=O)n(-c3ccc(C(=O)O)cc3)n3c(=O)cc(C)nc13)c(O)n2-c1ccc(C(=O)O)cc1. The molecule has 224 valence electrons. The number of carboxylic acid groups (broad SMARTS) is 2. The maximum atomic E-state index is 13.7. The van der Waals surface area contributed by atoms with Crippen molar-refractivity contribution < 1.29 is 24.9 Å². The molecule has 0 saturated heterocycles. The van der Waals surface area contributed by atoms with Gasteiger partial charge in [0.05, 0.1) is 33.3 Å². The lowest BCUT2D eigenvalue weighted by Gasteiger charge is -2.08. The predicted octanol–water partition coefficient (Wildman–Crippen LogP) is 1.58. The number of rotatable bonds is 6. The Morgan fingerprint density at radius 1 is 0.711 bits per heavy atom. The molecule has 0 atom stereocenters. The van der Waals surface area contributed by atoms with Gasteiger partial charge < -0.3 is 15.3 Å². The number of nitrogens with zero attached hydrogens (tertiary/aromatic N) is 6. The van der Waals surface area contributed by atoms with E-state index in [-0.39, 0.29) is 50.5 Å². The van der Waals surface area contributed by atoms with Crippen molar-refractivity contribution in [1.82, 2.24) is 28.4 Å². The van der Waals surface area contributed by atoms with Gasteiger partial charge in [0, 0.05) is 23.5 Å². The third-order valence-corrected chi connectivity index (χ3v) is 7.04. The first-order valence-corrected chi connectivity index (χ1v) is 13.3. The van der Waals surface area contributed by atoms with Gasteiger partial charge in [0.2, 0.25) is 5.88 Å². The second kappa shape index (κ2) is 10.6. The molecule has 0 fully saturated rings. The summed E-state index contributed by atoms with van der Waals surface area (Å²) in [4.78, 5) is 71.2. The van der Waals surface area contributed by atoms with E-state index in [2.05, 4.69) is 9.97 Å². The molecule has 0 aliphatic carbocycles. The van der Waals surface area contributed by atoms with Crippen molar-refractivity contribution in [1.29, 1.82) is 0 Å². The van der Waals surface area contributed by atoms with Crippen LogP contribution >= 0.6 is 0 Å². The molecule has 0 radical (unpaired) electrons. The van der Waals surface area contributed by atoms with Gasteiger partial charge in [-0.3, -0.25) is 14.4 Å². The van der Waals surface area contributed by atoms with Crippen molar-refractivity contribution in [2.75, 3.05) is 0 Å². The molecule has 0 unspecified atom stereocenters. The highest BCUT2D eigenvalue weighted by atomic mass is 16.4. The Morgan fingerprint density at radius 3 is 1.69 bits per heavy atom. The summed E-state index contributed by atoms with van der Waals surface area (Å²) in [5.41, 5.74) is -0.101. The fourth-order valence-electron chi connectivity index (χ4n) is 5.02. The molecule has 3 N–H and O–H groups in total. The Kier molecular flexibility index (Phi) is 6.73. The summed E-state index contributed by atoms with van der Waals surface area (Å²) in [7, 11) is 0. The Labute approximate surface area is 250 Å². The number of aromatic hydroxyl groups is 1. The highest BCUT2D eigenvalue weighted by molar-refractivity contribution is 5.88. The van der Waals surface area contributed by atoms with Crippen LogP contribution < -0.4 is 21.9 Å². The van der Waals surface area contributed by atoms with Crippen LogP contribution in [-0.4, -0.2) is 55.6 Å². The quantitative estimate of drug-likeness (QED) is 0.251. The summed E-state index contributed by atoms with van der Waals surface area (Å²) in [5.74, 6) is -2.67. The van der Waals surface area contributed by atoms with Crippen LogP contribution in [0.3, 0.4) is 0 Å². The van der Waals surface area contributed by atoms with Crippen LogP contribution in [0.4, 0.5) is 0 Å². The van der Waals surface area contributed by atoms with E-state index in [9.17, 15) is 39.3 Å². The normalized spacial score (nSPS) is 12.1. The molecular formula is C31H22N6O8. The Bertz CT molecular complexity index is 2470. The third kappa shape index (κ3) is 4.75. The van der Waals surface area contributed by atoms with Crippen LogP contribution in [0.1, 0.15) is 37.7 Å². The summed E-state index contributed by atoms with van der Waals surface area (Å²) >= 11 is 0. The molecule has 0 aliphatic rings. The lowest BCUT2D eigenvalue weighted by molar-refractivity contribution is 0.0686. The van der Waals surface area contributed by atoms with E-state index in [0.717, 1.165) is 13.7 Å². The topological polar surface area (TPSA) is 190 Å². The molecule has 0 spiro atoms. The molecule has 6 aromatic rings. The summed E-state index contributed by atoms with van der Waals surface area (Å²) in [6.07, 6.45) is 4.26. The fourth-order valence-corrected chi connectivity index (χ4v) is 5.02. The average molecular weight is 607 g/mol. The number of hydrogen-bond donors (Lipinski definition) is 3. The van der Waals surface area contributed by atoms with Crippen LogP contribution in [0.25, 0.3) is 34.8 Å². The first-order chi connectivity index (χ1) is 21.5. The van der Waals surface area contributed by atoms with E-state index in [1.165, 1.54) is 83.6 Å². The Morgan fingerprint density at radius 2 is 1.18 bits per heavy atom. The van der Waals surface area contributed by atoms with Gasteiger partial charge in [0.1, 0.15) is 0 Å². The standard InChI is InChI=1S/C31H22N6O8/c1-16-14-24(38)36-26(32-16)22(28(40)34(36)20-10-6-18(7-11-20)30(42)43)4-3-5-23-27-33-17(2)15-25(39)37(27)35(29(23)41)21-12-8-19(9-13-21)31(44)45/h3-15,40H,1-2H3,(H,42,43)(H,44,45). The number of aromatic nitrogens is 6. The third-order valence-electron chi connectivity index (χ3n) is 7.04. The van der Waals surface area contributed by atoms with Crippen molar-refractivity contribution in [2.45, 2.75) is 13.8 Å². The largest absolute Gasteiger partial charge is 0.493 e. The highest BCUT2D eigenvalue weighted by Gasteiger charge is 2.20. The second-order valence-electron chi connectivity index (χ2n) is 10.1. The first kappa shape index (κ1) is 28.5. The fraction of sp³-hybridized carbons (Fsp3) is 0.0645. The molecule has 45 heavy (non-hydrogen) atoms. The maximum absolute atomic E-state index is 13.7. The monoisotopic (exact) mass is 606 g/mol. The zero-order valence-electron chi connectivity index (χ0n) is 23.6. The van der Waals surface area contributed by atoms with Gasteiger partial charge in [-0.2, -0.15) is 9.03 Å². The minimum Gasteiger partial charge on any atom is -0.493 e. The second-order valence-corrected chi connectivity index (χ2v) is 10.1. The zero-order chi connectivity index (χ0) is 32.2. The number of allylic oxidation sites excluding steroid dienone is 1. The van der Waals surface area contributed by atoms with Crippen molar-refractivity contribution >= 4 is 35.4 Å². The van der Waals surface area contributed by atoms with E-state index in [0.29, 0.717) is 11.4 Å². The van der Waals surface area contributed by atoms with Crippen LogP contribution in [0, 0.1) is 13.8 Å². The molecule has 4 heterocycles. The first-order valence-electron chi connectivity index (χ1n) is 13.3. The zero-order valence-corrected chi connectivity index (χ0v) is 23.6. The van der Waals surface area contributed by atoms with Gasteiger partial charge in [0.25, 0.3) is 16.7 Å². The van der Waals surface area contributed by atoms with Gasteiger partial charge in [0.15, 0.2) is 11.3 Å².